The number of nitrogens with one attached hydrogen (secondary N) is 1. The van der Waals surface area contributed by atoms with Crippen LogP contribution in [0.2, 0.25) is 0 Å². The molecule has 2 aromatic heterocycles. The molecule has 0 spiro atoms. The predicted octanol–water partition coefficient (Wildman–Crippen LogP) is 1.79. The highest BCUT2D eigenvalue weighted by Gasteiger charge is 2.21. The van der Waals surface area contributed by atoms with E-state index in [1.807, 2.05) is 35.2 Å². The lowest BCUT2D eigenvalue weighted by atomic mass is 10.2. The van der Waals surface area contributed by atoms with E-state index >= 15 is 0 Å². The molecule has 3 aromatic rings. The number of nitrogens with zero attached hydrogens (tertiary/aromatic N) is 5. The highest BCUT2D eigenvalue weighted by Crippen LogP contribution is 2.16. The third-order valence-corrected chi connectivity index (χ3v) is 4.51. The Morgan fingerprint density at radius 2 is 1.73 bits per heavy atom. The van der Waals surface area contributed by atoms with Crippen LogP contribution in [-0.2, 0) is 4.79 Å². The first kappa shape index (κ1) is 16.3. The molecule has 0 aliphatic carbocycles. The molecule has 1 aliphatic rings. The Labute approximate surface area is 151 Å². The van der Waals surface area contributed by atoms with E-state index in [4.69, 9.17) is 0 Å². The maximum Gasteiger partial charge on any atom is 0.242 e. The summed E-state index contributed by atoms with van der Waals surface area (Å²) in [5.41, 5.74) is 2.52. The third-order valence-electron chi connectivity index (χ3n) is 4.51. The van der Waals surface area contributed by atoms with E-state index in [0.717, 1.165) is 31.7 Å². The number of aromatic nitrogens is 3. The van der Waals surface area contributed by atoms with Gasteiger partial charge in [-0.2, -0.15) is 0 Å². The summed E-state index contributed by atoms with van der Waals surface area (Å²) >= 11 is 0. The minimum atomic E-state index is 0.0822. The number of piperazine rings is 1. The number of pyridine rings is 1. The molecule has 4 rings (SSSR count). The highest BCUT2D eigenvalue weighted by molar-refractivity contribution is 5.81. The van der Waals surface area contributed by atoms with Crippen molar-refractivity contribution in [3.8, 4) is 0 Å². The van der Waals surface area contributed by atoms with E-state index in [0.29, 0.717) is 11.5 Å². The van der Waals surface area contributed by atoms with Crippen molar-refractivity contribution in [3.05, 3.63) is 54.9 Å². The van der Waals surface area contributed by atoms with Gasteiger partial charge < -0.3 is 15.1 Å². The van der Waals surface area contributed by atoms with Crippen molar-refractivity contribution in [1.82, 2.24) is 19.9 Å². The van der Waals surface area contributed by atoms with Crippen LogP contribution in [-0.4, -0.2) is 58.5 Å². The van der Waals surface area contributed by atoms with Crippen molar-refractivity contribution >= 4 is 28.6 Å². The molecule has 1 saturated heterocycles. The van der Waals surface area contributed by atoms with Gasteiger partial charge in [0.05, 0.1) is 6.54 Å². The Morgan fingerprint density at radius 3 is 2.54 bits per heavy atom. The fraction of sp³-hybridized carbons (Fsp3) is 0.263. The quantitative estimate of drug-likeness (QED) is 0.775. The zero-order chi connectivity index (χ0) is 17.8. The van der Waals surface area contributed by atoms with Crippen LogP contribution < -0.4 is 10.2 Å². The van der Waals surface area contributed by atoms with E-state index in [1.54, 1.807) is 12.4 Å². The number of carbonyl (C=O) groups excluding carboxylic acids is 1. The van der Waals surface area contributed by atoms with Crippen molar-refractivity contribution in [2.75, 3.05) is 42.9 Å². The Hall–Kier alpha value is -3.22. The Kier molecular flexibility index (Phi) is 4.59. The summed E-state index contributed by atoms with van der Waals surface area (Å²) < 4.78 is 0. The number of amides is 1. The predicted molar refractivity (Wildman–Crippen MR) is 101 cm³/mol. The molecule has 26 heavy (non-hydrogen) atoms. The largest absolute Gasteiger partial charge is 0.368 e. The highest BCUT2D eigenvalue weighted by atomic mass is 16.2. The van der Waals surface area contributed by atoms with Crippen molar-refractivity contribution in [2.45, 2.75) is 0 Å². The smallest absolute Gasteiger partial charge is 0.242 e. The van der Waals surface area contributed by atoms with Gasteiger partial charge in [0.2, 0.25) is 5.91 Å². The molecule has 0 atom stereocenters. The molecule has 1 fully saturated rings. The van der Waals surface area contributed by atoms with Gasteiger partial charge in [0, 0.05) is 44.3 Å². The molecule has 0 radical (unpaired) electrons. The monoisotopic (exact) mass is 348 g/mol. The summed E-state index contributed by atoms with van der Waals surface area (Å²) in [6.07, 6.45) is 3.24. The number of benzene rings is 1. The normalized spacial score (nSPS) is 14.5. The lowest BCUT2D eigenvalue weighted by molar-refractivity contribution is -0.129. The molecule has 7 nitrogen and oxygen atoms in total. The maximum atomic E-state index is 12.5. The van der Waals surface area contributed by atoms with E-state index in [1.165, 1.54) is 5.69 Å². The van der Waals surface area contributed by atoms with Gasteiger partial charge in [-0.1, -0.05) is 18.2 Å². The van der Waals surface area contributed by atoms with E-state index in [2.05, 4.69) is 37.3 Å². The number of hydrogen-bond donors (Lipinski definition) is 1. The van der Waals surface area contributed by atoms with Crippen molar-refractivity contribution in [3.63, 3.8) is 0 Å². The average molecular weight is 348 g/mol. The molecule has 0 saturated carbocycles. The van der Waals surface area contributed by atoms with Crippen LogP contribution in [0.4, 0.5) is 11.5 Å². The molecule has 3 heterocycles. The molecule has 7 heteroatoms. The second kappa shape index (κ2) is 7.35. The van der Waals surface area contributed by atoms with Crippen LogP contribution in [0.25, 0.3) is 11.2 Å². The Balaban J connectivity index is 1.31. The summed E-state index contributed by atoms with van der Waals surface area (Å²) in [5, 5.41) is 3.09. The molecule has 0 unspecified atom stereocenters. The second-order valence-corrected chi connectivity index (χ2v) is 6.15. The fourth-order valence-electron chi connectivity index (χ4n) is 3.08. The van der Waals surface area contributed by atoms with E-state index < -0.39 is 0 Å². The van der Waals surface area contributed by atoms with Gasteiger partial charge in [0.1, 0.15) is 11.3 Å². The molecular weight excluding hydrogens is 328 g/mol. The molecular formula is C19H20N6O. The Morgan fingerprint density at radius 1 is 0.962 bits per heavy atom. The second-order valence-electron chi connectivity index (χ2n) is 6.15. The van der Waals surface area contributed by atoms with Crippen molar-refractivity contribution in [2.24, 2.45) is 0 Å². The number of rotatable bonds is 4. The number of carbonyl (C=O) groups is 1. The van der Waals surface area contributed by atoms with Gasteiger partial charge in [-0.05, 0) is 24.3 Å². The molecule has 1 N–H and O–H groups in total. The summed E-state index contributed by atoms with van der Waals surface area (Å²) in [4.78, 5) is 29.4. The van der Waals surface area contributed by atoms with Crippen LogP contribution in [0.5, 0.6) is 0 Å². The van der Waals surface area contributed by atoms with Crippen LogP contribution in [0, 0.1) is 0 Å². The summed E-state index contributed by atoms with van der Waals surface area (Å²) in [5.74, 6) is 0.716. The zero-order valence-electron chi connectivity index (χ0n) is 14.4. The molecule has 1 aliphatic heterocycles. The first-order chi connectivity index (χ1) is 12.8. The van der Waals surface area contributed by atoms with Crippen molar-refractivity contribution < 1.29 is 4.79 Å². The van der Waals surface area contributed by atoms with Crippen LogP contribution in [0.15, 0.2) is 54.9 Å². The molecule has 1 amide bonds. The first-order valence-corrected chi connectivity index (χ1v) is 8.69. The molecule has 132 valence electrons. The third kappa shape index (κ3) is 3.56. The van der Waals surface area contributed by atoms with Gasteiger partial charge >= 0.3 is 0 Å². The summed E-state index contributed by atoms with van der Waals surface area (Å²) in [6.45, 7) is 3.38. The molecule has 1 aromatic carbocycles. The lowest BCUT2D eigenvalue weighted by Crippen LogP contribution is -2.50. The zero-order valence-corrected chi connectivity index (χ0v) is 14.4. The fourth-order valence-corrected chi connectivity index (χ4v) is 3.08. The standard InChI is InChI=1S/C19H20N6O/c26-18(14-22-17-7-6-16-19(23-17)21-9-8-20-16)25-12-10-24(11-13-25)15-4-2-1-3-5-15/h1-9H,10-14H2,(H,21,22,23). The molecule has 0 bridgehead atoms. The SMILES string of the molecule is O=C(CNc1ccc2nccnc2n1)N1CCN(c2ccccc2)CC1. The van der Waals surface area contributed by atoms with Gasteiger partial charge in [-0.3, -0.25) is 9.78 Å². The van der Waals surface area contributed by atoms with Crippen LogP contribution in [0.1, 0.15) is 0 Å². The van der Waals surface area contributed by atoms with Gasteiger partial charge in [0.25, 0.3) is 0 Å². The minimum Gasteiger partial charge on any atom is -0.368 e. The van der Waals surface area contributed by atoms with Gasteiger partial charge in [0.15, 0.2) is 5.65 Å². The Bertz CT molecular complexity index is 893. The first-order valence-electron chi connectivity index (χ1n) is 8.69. The minimum absolute atomic E-state index is 0.0822. The number of para-hydroxylation sites is 1. The maximum absolute atomic E-state index is 12.5. The van der Waals surface area contributed by atoms with E-state index in [9.17, 15) is 4.79 Å². The van der Waals surface area contributed by atoms with Crippen LogP contribution >= 0.6 is 0 Å². The average Bonchev–Trinajstić information content (AvgIpc) is 2.72. The van der Waals surface area contributed by atoms with Gasteiger partial charge in [-0.25, -0.2) is 9.97 Å². The van der Waals surface area contributed by atoms with Gasteiger partial charge in [-0.15, -0.1) is 0 Å². The summed E-state index contributed by atoms with van der Waals surface area (Å²) in [7, 11) is 0. The number of anilines is 2. The van der Waals surface area contributed by atoms with Crippen molar-refractivity contribution in [1.29, 1.82) is 0 Å². The topological polar surface area (TPSA) is 74.2 Å². The lowest BCUT2D eigenvalue weighted by Gasteiger charge is -2.36. The number of hydrogen-bond acceptors (Lipinski definition) is 6. The summed E-state index contributed by atoms with van der Waals surface area (Å²) in [6, 6.07) is 14.0. The number of fused-ring (bicyclic) bond motifs is 1. The van der Waals surface area contributed by atoms with E-state index in [-0.39, 0.29) is 12.5 Å². The van der Waals surface area contributed by atoms with Crippen LogP contribution in [0.3, 0.4) is 0 Å².